The van der Waals surface area contributed by atoms with Gasteiger partial charge in [-0.3, -0.25) is 4.79 Å². The molecule has 1 aromatic heterocycles. The Labute approximate surface area is 124 Å². The first-order valence-electron chi connectivity index (χ1n) is 6.72. The van der Waals surface area contributed by atoms with E-state index in [1.165, 1.54) is 7.11 Å². The maximum atomic E-state index is 11.4. The van der Waals surface area contributed by atoms with Gasteiger partial charge in [0.05, 0.1) is 20.3 Å². The topological polar surface area (TPSA) is 89.8 Å². The van der Waals surface area contributed by atoms with Crippen molar-refractivity contribution in [2.75, 3.05) is 33.9 Å². The molecule has 2 N–H and O–H groups in total. The van der Waals surface area contributed by atoms with E-state index in [2.05, 4.69) is 15.4 Å². The third kappa shape index (κ3) is 5.97. The summed E-state index contributed by atoms with van der Waals surface area (Å²) in [5, 5.41) is 5.81. The number of hydrogen-bond donors (Lipinski definition) is 2. The second kappa shape index (κ2) is 9.15. The number of aryl methyl sites for hydroxylation is 1. The predicted molar refractivity (Wildman–Crippen MR) is 76.0 cm³/mol. The van der Waals surface area contributed by atoms with Crippen LogP contribution in [-0.2, 0) is 20.8 Å². The lowest BCUT2D eigenvalue weighted by Gasteiger charge is -2.05. The molecule has 0 unspecified atom stereocenters. The van der Waals surface area contributed by atoms with Crippen molar-refractivity contribution in [1.29, 1.82) is 0 Å². The maximum absolute atomic E-state index is 11.4. The summed E-state index contributed by atoms with van der Waals surface area (Å²) in [7, 11) is 2.91. The quantitative estimate of drug-likeness (QED) is 0.513. The van der Waals surface area contributed by atoms with E-state index in [4.69, 9.17) is 9.15 Å². The lowest BCUT2D eigenvalue weighted by molar-refractivity contribution is -0.121. The van der Waals surface area contributed by atoms with E-state index in [1.807, 2.05) is 0 Å². The van der Waals surface area contributed by atoms with E-state index >= 15 is 0 Å². The van der Waals surface area contributed by atoms with Crippen molar-refractivity contribution < 1.29 is 23.5 Å². The number of ether oxygens (including phenoxy) is 2. The molecule has 1 aromatic rings. The second-order valence-electron chi connectivity index (χ2n) is 4.44. The van der Waals surface area contributed by atoms with Crippen LogP contribution in [-0.4, -0.2) is 45.8 Å². The number of hydrogen-bond acceptors (Lipinski definition) is 6. The van der Waals surface area contributed by atoms with Crippen LogP contribution >= 0.6 is 0 Å². The summed E-state index contributed by atoms with van der Waals surface area (Å²) in [5.74, 6) is 0.703. The molecule has 0 fully saturated rings. The number of esters is 1. The van der Waals surface area contributed by atoms with Crippen molar-refractivity contribution in [1.82, 2.24) is 10.6 Å². The standard InChI is InChI=1S/C14H22N2O5/c1-10-12(14(18)20-3)8-11(21-10)9-15-5-4-13(17)16-6-7-19-2/h8,15H,4-7,9H2,1-3H3,(H,16,17). The number of nitrogens with one attached hydrogen (secondary N) is 2. The first kappa shape index (κ1) is 17.2. The van der Waals surface area contributed by atoms with Crippen molar-refractivity contribution in [2.24, 2.45) is 0 Å². The van der Waals surface area contributed by atoms with Crippen LogP contribution in [0.1, 0.15) is 28.3 Å². The van der Waals surface area contributed by atoms with Gasteiger partial charge in [-0.1, -0.05) is 0 Å². The van der Waals surface area contributed by atoms with Crippen LogP contribution < -0.4 is 10.6 Å². The van der Waals surface area contributed by atoms with Gasteiger partial charge in [0.1, 0.15) is 17.1 Å². The lowest BCUT2D eigenvalue weighted by Crippen LogP contribution is -2.29. The smallest absolute Gasteiger partial charge is 0.341 e. The van der Waals surface area contributed by atoms with Crippen LogP contribution in [0.25, 0.3) is 0 Å². The molecule has 1 heterocycles. The third-order valence-electron chi connectivity index (χ3n) is 2.83. The third-order valence-corrected chi connectivity index (χ3v) is 2.83. The molecular formula is C14H22N2O5. The van der Waals surface area contributed by atoms with E-state index in [0.717, 1.165) is 0 Å². The normalized spacial score (nSPS) is 10.4. The largest absolute Gasteiger partial charge is 0.465 e. The number of carbonyl (C=O) groups is 2. The first-order chi connectivity index (χ1) is 10.1. The highest BCUT2D eigenvalue weighted by Gasteiger charge is 2.14. The van der Waals surface area contributed by atoms with Gasteiger partial charge >= 0.3 is 5.97 Å². The summed E-state index contributed by atoms with van der Waals surface area (Å²) in [4.78, 5) is 22.9. The first-order valence-corrected chi connectivity index (χ1v) is 6.72. The van der Waals surface area contributed by atoms with Gasteiger partial charge in [0.15, 0.2) is 0 Å². The van der Waals surface area contributed by atoms with Gasteiger partial charge in [-0.05, 0) is 13.0 Å². The minimum absolute atomic E-state index is 0.0366. The highest BCUT2D eigenvalue weighted by atomic mass is 16.5. The van der Waals surface area contributed by atoms with Crippen molar-refractivity contribution in [2.45, 2.75) is 19.9 Å². The molecule has 0 aliphatic heterocycles. The molecule has 7 nitrogen and oxygen atoms in total. The molecule has 0 aliphatic rings. The predicted octanol–water partition coefficient (Wildman–Crippen LogP) is 0.617. The average Bonchev–Trinajstić information content (AvgIpc) is 2.84. The van der Waals surface area contributed by atoms with Gasteiger partial charge in [-0.2, -0.15) is 0 Å². The van der Waals surface area contributed by atoms with Crippen LogP contribution in [0.3, 0.4) is 0 Å². The number of furan rings is 1. The van der Waals surface area contributed by atoms with Gasteiger partial charge in [0, 0.05) is 26.6 Å². The number of methoxy groups -OCH3 is 2. The average molecular weight is 298 g/mol. The number of carbonyl (C=O) groups excluding carboxylic acids is 2. The molecule has 0 aromatic carbocycles. The minimum atomic E-state index is -0.417. The molecule has 0 radical (unpaired) electrons. The molecule has 7 heteroatoms. The second-order valence-corrected chi connectivity index (χ2v) is 4.44. The summed E-state index contributed by atoms with van der Waals surface area (Å²) in [6.07, 6.45) is 0.368. The molecule has 118 valence electrons. The van der Waals surface area contributed by atoms with Crippen molar-refractivity contribution >= 4 is 11.9 Å². The van der Waals surface area contributed by atoms with Gasteiger partial charge in [0.2, 0.25) is 5.91 Å². The Balaban J connectivity index is 2.27. The van der Waals surface area contributed by atoms with Crippen molar-refractivity contribution in [3.63, 3.8) is 0 Å². The molecule has 0 saturated heterocycles. The zero-order valence-electron chi connectivity index (χ0n) is 12.7. The van der Waals surface area contributed by atoms with Crippen molar-refractivity contribution in [3.8, 4) is 0 Å². The summed E-state index contributed by atoms with van der Waals surface area (Å²) in [6.45, 7) is 3.69. The van der Waals surface area contributed by atoms with Gasteiger partial charge < -0.3 is 24.5 Å². The van der Waals surface area contributed by atoms with Crippen LogP contribution in [0.2, 0.25) is 0 Å². The molecule has 0 atom stereocenters. The molecule has 0 saturated carbocycles. The molecule has 1 amide bonds. The van der Waals surface area contributed by atoms with Crippen molar-refractivity contribution in [3.05, 3.63) is 23.2 Å². The lowest BCUT2D eigenvalue weighted by atomic mass is 10.2. The van der Waals surface area contributed by atoms with Crippen LogP contribution in [0, 0.1) is 6.92 Å². The Bertz CT molecular complexity index is 470. The van der Waals surface area contributed by atoms with E-state index in [1.54, 1.807) is 20.1 Å². The SMILES string of the molecule is COCCNC(=O)CCNCc1cc(C(=O)OC)c(C)o1. The molecular weight excluding hydrogens is 276 g/mol. The molecule has 0 aliphatic carbocycles. The summed E-state index contributed by atoms with van der Waals surface area (Å²) < 4.78 is 14.9. The molecule has 21 heavy (non-hydrogen) atoms. The van der Waals surface area contributed by atoms with Crippen LogP contribution in [0.4, 0.5) is 0 Å². The minimum Gasteiger partial charge on any atom is -0.465 e. The molecule has 1 rings (SSSR count). The summed E-state index contributed by atoms with van der Waals surface area (Å²) in [6, 6.07) is 1.65. The van der Waals surface area contributed by atoms with Crippen LogP contribution in [0.15, 0.2) is 10.5 Å². The van der Waals surface area contributed by atoms with Crippen LogP contribution in [0.5, 0.6) is 0 Å². The maximum Gasteiger partial charge on any atom is 0.341 e. The van der Waals surface area contributed by atoms with E-state index < -0.39 is 5.97 Å². The Morgan fingerprint density at radius 2 is 2.05 bits per heavy atom. The summed E-state index contributed by atoms with van der Waals surface area (Å²) >= 11 is 0. The van der Waals surface area contributed by atoms with Gasteiger partial charge in [-0.25, -0.2) is 4.79 Å². The Morgan fingerprint density at radius 3 is 2.71 bits per heavy atom. The zero-order chi connectivity index (χ0) is 15.7. The van der Waals surface area contributed by atoms with Gasteiger partial charge in [0.25, 0.3) is 0 Å². The highest BCUT2D eigenvalue weighted by molar-refractivity contribution is 5.90. The van der Waals surface area contributed by atoms with E-state index in [9.17, 15) is 9.59 Å². The molecule has 0 bridgehead atoms. The Kier molecular flexibility index (Phi) is 7.49. The fourth-order valence-corrected chi connectivity index (χ4v) is 1.74. The van der Waals surface area contributed by atoms with E-state index in [-0.39, 0.29) is 5.91 Å². The zero-order valence-corrected chi connectivity index (χ0v) is 12.7. The Hall–Kier alpha value is -1.86. The fourth-order valence-electron chi connectivity index (χ4n) is 1.74. The highest BCUT2D eigenvalue weighted by Crippen LogP contribution is 2.15. The Morgan fingerprint density at radius 1 is 1.29 bits per heavy atom. The van der Waals surface area contributed by atoms with E-state index in [0.29, 0.717) is 49.7 Å². The number of rotatable bonds is 9. The van der Waals surface area contributed by atoms with Gasteiger partial charge in [-0.15, -0.1) is 0 Å². The monoisotopic (exact) mass is 298 g/mol. The fraction of sp³-hybridized carbons (Fsp3) is 0.571. The summed E-state index contributed by atoms with van der Waals surface area (Å²) in [5.41, 5.74) is 0.423. The molecule has 0 spiro atoms. The number of amides is 1.